The molecule has 1 aliphatic heterocycles. The van der Waals surface area contributed by atoms with Gasteiger partial charge in [-0.05, 0) is 44.8 Å². The van der Waals surface area contributed by atoms with Crippen molar-refractivity contribution in [2.24, 2.45) is 0 Å². The summed E-state index contributed by atoms with van der Waals surface area (Å²) in [6.45, 7) is 2.08. The summed E-state index contributed by atoms with van der Waals surface area (Å²) in [5.41, 5.74) is 3.06. The van der Waals surface area contributed by atoms with Crippen LogP contribution in [0, 0.1) is 0 Å². The van der Waals surface area contributed by atoms with Crippen molar-refractivity contribution in [3.05, 3.63) is 66.4 Å². The Balaban J connectivity index is 1.39. The molecule has 1 atom stereocenters. The van der Waals surface area contributed by atoms with Gasteiger partial charge in [-0.1, -0.05) is 35.5 Å². The van der Waals surface area contributed by atoms with Crippen LogP contribution in [-0.2, 0) is 0 Å². The first-order valence-electron chi connectivity index (χ1n) is 9.45. The average Bonchev–Trinajstić information content (AvgIpc) is 3.39. The molecule has 28 heavy (non-hydrogen) atoms. The molecule has 2 aromatic carbocycles. The fraction of sp³-hybridized carbons (Fsp3) is 0.273. The standard InChI is InChI=1S/C22H24N4O2/c1-25(2)19-12-13-26(15-19)18-10-8-17(9-11-18)23-22(27)20-14-21(28-24-20)16-6-4-3-5-7-16/h3-11,14,19H,12-13,15H2,1-2H3,(H,23,27). The maximum Gasteiger partial charge on any atom is 0.277 e. The lowest BCUT2D eigenvalue weighted by atomic mass is 10.1. The topological polar surface area (TPSA) is 61.6 Å². The molecule has 3 aromatic rings. The first kappa shape index (κ1) is 18.3. The number of likely N-dealkylation sites (N-methyl/N-ethyl adjacent to an activating group) is 1. The van der Waals surface area contributed by atoms with Crippen molar-refractivity contribution in [2.75, 3.05) is 37.4 Å². The van der Waals surface area contributed by atoms with Crippen LogP contribution in [0.5, 0.6) is 0 Å². The summed E-state index contributed by atoms with van der Waals surface area (Å²) in [7, 11) is 4.25. The molecule has 0 saturated carbocycles. The molecule has 6 nitrogen and oxygen atoms in total. The first-order chi connectivity index (χ1) is 13.6. The number of amides is 1. The molecular formula is C22H24N4O2. The lowest BCUT2D eigenvalue weighted by molar-refractivity contribution is 0.101. The number of aromatic nitrogens is 1. The molecule has 0 bridgehead atoms. The number of anilines is 2. The third kappa shape index (κ3) is 3.92. The summed E-state index contributed by atoms with van der Waals surface area (Å²) in [5, 5.41) is 6.77. The van der Waals surface area contributed by atoms with Crippen molar-refractivity contribution in [3.8, 4) is 11.3 Å². The molecule has 144 valence electrons. The summed E-state index contributed by atoms with van der Waals surface area (Å²) < 4.78 is 5.30. The second-order valence-electron chi connectivity index (χ2n) is 7.30. The highest BCUT2D eigenvalue weighted by atomic mass is 16.5. The van der Waals surface area contributed by atoms with E-state index in [2.05, 4.69) is 34.4 Å². The zero-order chi connectivity index (χ0) is 19.5. The van der Waals surface area contributed by atoms with Gasteiger partial charge in [-0.25, -0.2) is 0 Å². The van der Waals surface area contributed by atoms with Crippen LogP contribution in [-0.4, -0.2) is 49.2 Å². The Morgan fingerprint density at radius 3 is 2.57 bits per heavy atom. The number of nitrogens with one attached hydrogen (secondary N) is 1. The zero-order valence-corrected chi connectivity index (χ0v) is 16.1. The SMILES string of the molecule is CN(C)C1CCN(c2ccc(NC(=O)c3cc(-c4ccccc4)on3)cc2)C1. The van der Waals surface area contributed by atoms with E-state index in [9.17, 15) is 4.79 Å². The number of hydrogen-bond acceptors (Lipinski definition) is 5. The van der Waals surface area contributed by atoms with E-state index in [1.165, 1.54) is 12.1 Å². The Morgan fingerprint density at radius 2 is 1.89 bits per heavy atom. The minimum atomic E-state index is -0.285. The van der Waals surface area contributed by atoms with Gasteiger partial charge in [-0.2, -0.15) is 0 Å². The van der Waals surface area contributed by atoms with E-state index in [-0.39, 0.29) is 11.6 Å². The minimum Gasteiger partial charge on any atom is -0.370 e. The van der Waals surface area contributed by atoms with Crippen LogP contribution in [0.3, 0.4) is 0 Å². The summed E-state index contributed by atoms with van der Waals surface area (Å²) in [6.07, 6.45) is 1.17. The van der Waals surface area contributed by atoms with Crippen LogP contribution in [0.4, 0.5) is 11.4 Å². The summed E-state index contributed by atoms with van der Waals surface area (Å²) in [5.74, 6) is 0.290. The second kappa shape index (κ2) is 7.86. The van der Waals surface area contributed by atoms with Gasteiger partial charge in [0.05, 0.1) is 0 Å². The molecule has 1 aromatic heterocycles. The molecule has 2 heterocycles. The fourth-order valence-corrected chi connectivity index (χ4v) is 3.47. The third-order valence-corrected chi connectivity index (χ3v) is 5.19. The van der Waals surface area contributed by atoms with Crippen molar-refractivity contribution in [1.82, 2.24) is 10.1 Å². The van der Waals surface area contributed by atoms with Gasteiger partial charge in [0, 0.05) is 42.1 Å². The zero-order valence-electron chi connectivity index (χ0n) is 16.1. The fourth-order valence-electron chi connectivity index (χ4n) is 3.47. The van der Waals surface area contributed by atoms with Crippen molar-refractivity contribution in [3.63, 3.8) is 0 Å². The second-order valence-corrected chi connectivity index (χ2v) is 7.30. The number of hydrogen-bond donors (Lipinski definition) is 1. The lowest BCUT2D eigenvalue weighted by Gasteiger charge is -2.22. The van der Waals surface area contributed by atoms with Gasteiger partial charge in [0.1, 0.15) is 0 Å². The summed E-state index contributed by atoms with van der Waals surface area (Å²) in [4.78, 5) is 17.1. The Hall–Kier alpha value is -3.12. The predicted molar refractivity (Wildman–Crippen MR) is 111 cm³/mol. The molecule has 4 rings (SSSR count). The van der Waals surface area contributed by atoms with Crippen molar-refractivity contribution in [2.45, 2.75) is 12.5 Å². The number of benzene rings is 2. The van der Waals surface area contributed by atoms with Crippen molar-refractivity contribution in [1.29, 1.82) is 0 Å². The Kier molecular flexibility index (Phi) is 5.12. The molecule has 6 heteroatoms. The third-order valence-electron chi connectivity index (χ3n) is 5.19. The smallest absolute Gasteiger partial charge is 0.277 e. The van der Waals surface area contributed by atoms with Gasteiger partial charge in [0.15, 0.2) is 11.5 Å². The van der Waals surface area contributed by atoms with Crippen LogP contribution >= 0.6 is 0 Å². The monoisotopic (exact) mass is 376 g/mol. The van der Waals surface area contributed by atoms with Gasteiger partial charge in [0.2, 0.25) is 0 Å². The van der Waals surface area contributed by atoms with E-state index in [0.29, 0.717) is 11.8 Å². The minimum absolute atomic E-state index is 0.260. The summed E-state index contributed by atoms with van der Waals surface area (Å²) >= 11 is 0. The number of carbonyl (C=O) groups is 1. The van der Waals surface area contributed by atoms with Gasteiger partial charge < -0.3 is 19.6 Å². The summed E-state index contributed by atoms with van der Waals surface area (Å²) in [6, 6.07) is 19.8. The highest BCUT2D eigenvalue weighted by Gasteiger charge is 2.24. The molecule has 1 fully saturated rings. The van der Waals surface area contributed by atoms with Crippen LogP contribution in [0.1, 0.15) is 16.9 Å². The van der Waals surface area contributed by atoms with E-state index < -0.39 is 0 Å². The average molecular weight is 376 g/mol. The van der Waals surface area contributed by atoms with Gasteiger partial charge in [-0.3, -0.25) is 4.79 Å². The Bertz CT molecular complexity index is 935. The van der Waals surface area contributed by atoms with Crippen LogP contribution in [0.15, 0.2) is 65.2 Å². The first-order valence-corrected chi connectivity index (χ1v) is 9.45. The lowest BCUT2D eigenvalue weighted by Crippen LogP contribution is -2.31. The number of rotatable bonds is 5. The van der Waals surface area contributed by atoms with Crippen LogP contribution < -0.4 is 10.2 Å². The molecule has 1 saturated heterocycles. The van der Waals surface area contributed by atoms with E-state index in [0.717, 1.165) is 24.3 Å². The molecule has 0 aliphatic carbocycles. The predicted octanol–water partition coefficient (Wildman–Crippen LogP) is 3.73. The number of carbonyl (C=O) groups excluding carboxylic acids is 1. The molecule has 1 unspecified atom stereocenters. The highest BCUT2D eigenvalue weighted by Crippen LogP contribution is 2.24. The Morgan fingerprint density at radius 1 is 1.14 bits per heavy atom. The van der Waals surface area contributed by atoms with Gasteiger partial charge in [0.25, 0.3) is 5.91 Å². The van der Waals surface area contributed by atoms with Crippen molar-refractivity contribution >= 4 is 17.3 Å². The Labute approximate surface area is 164 Å². The molecule has 0 radical (unpaired) electrons. The van der Waals surface area contributed by atoms with E-state index in [4.69, 9.17) is 4.52 Å². The van der Waals surface area contributed by atoms with Gasteiger partial charge >= 0.3 is 0 Å². The van der Waals surface area contributed by atoms with E-state index in [1.54, 1.807) is 6.07 Å². The maximum absolute atomic E-state index is 12.5. The number of nitrogens with zero attached hydrogens (tertiary/aromatic N) is 3. The van der Waals surface area contributed by atoms with Crippen LogP contribution in [0.2, 0.25) is 0 Å². The van der Waals surface area contributed by atoms with Crippen LogP contribution in [0.25, 0.3) is 11.3 Å². The molecule has 1 aliphatic rings. The highest BCUT2D eigenvalue weighted by molar-refractivity contribution is 6.03. The molecular weight excluding hydrogens is 352 g/mol. The van der Waals surface area contributed by atoms with Gasteiger partial charge in [-0.15, -0.1) is 0 Å². The largest absolute Gasteiger partial charge is 0.370 e. The van der Waals surface area contributed by atoms with Crippen molar-refractivity contribution < 1.29 is 9.32 Å². The quantitative estimate of drug-likeness (QED) is 0.735. The normalized spacial score (nSPS) is 16.5. The maximum atomic E-state index is 12.5. The molecule has 1 N–H and O–H groups in total. The molecule has 1 amide bonds. The molecule has 0 spiro atoms. The van der Waals surface area contributed by atoms with E-state index in [1.807, 2.05) is 54.6 Å². The van der Waals surface area contributed by atoms with E-state index >= 15 is 0 Å².